The van der Waals surface area contributed by atoms with Gasteiger partial charge in [0.05, 0.1) is 0 Å². The fourth-order valence-corrected chi connectivity index (χ4v) is 9.58. The molecule has 11 rings (SSSR count). The number of rotatable bonds is 5. The number of hydrogen-bond acceptors (Lipinski definition) is 3. The summed E-state index contributed by atoms with van der Waals surface area (Å²) in [5, 5.41) is 0. The van der Waals surface area contributed by atoms with E-state index >= 15 is 0 Å². The van der Waals surface area contributed by atoms with Gasteiger partial charge >= 0.3 is 0 Å². The van der Waals surface area contributed by atoms with Crippen molar-refractivity contribution in [2.45, 2.75) is 64.1 Å². The van der Waals surface area contributed by atoms with Crippen LogP contribution in [-0.4, -0.2) is 15.0 Å². The molecule has 0 atom stereocenters. The van der Waals surface area contributed by atoms with Crippen molar-refractivity contribution in [2.75, 3.05) is 0 Å². The monoisotopic (exact) mass is 765 g/mol. The molecule has 0 radical (unpaired) electrons. The zero-order chi connectivity index (χ0) is 43.5. The Bertz CT molecular complexity index is 3120. The summed E-state index contributed by atoms with van der Waals surface area (Å²) in [6.07, 6.45) is -3.12. The number of nitrogens with zero attached hydrogens (tertiary/aromatic N) is 3. The first kappa shape index (κ1) is 31.5. The zero-order valence-corrected chi connectivity index (χ0v) is 33.8. The molecule has 0 N–H and O–H groups in total. The van der Waals surface area contributed by atoms with E-state index in [1.165, 1.54) is 22.3 Å². The molecular weight excluding hydrogens is 715 g/mol. The highest BCUT2D eigenvalue weighted by Gasteiger charge is 2.47. The molecule has 1 spiro atoms. The van der Waals surface area contributed by atoms with Gasteiger partial charge in [-0.1, -0.05) is 167 Å². The molecule has 1 heterocycles. The molecule has 8 aromatic rings. The number of aromatic nitrogens is 3. The van der Waals surface area contributed by atoms with E-state index in [2.05, 4.69) is 105 Å². The maximum absolute atomic E-state index is 9.69. The van der Waals surface area contributed by atoms with Crippen molar-refractivity contribution in [3.05, 3.63) is 186 Å². The number of benzene rings is 7. The predicted octanol–water partition coefficient (Wildman–Crippen LogP) is 14.4. The smallest absolute Gasteiger partial charge is 0.164 e. The van der Waals surface area contributed by atoms with Gasteiger partial charge in [0.2, 0.25) is 0 Å². The average Bonchev–Trinajstić information content (AvgIpc) is 3.71. The third-order valence-electron chi connectivity index (χ3n) is 12.9. The van der Waals surface area contributed by atoms with E-state index in [9.17, 15) is 5.48 Å². The maximum atomic E-state index is 9.69. The lowest BCUT2D eigenvalue weighted by molar-refractivity contribution is 0.188. The summed E-state index contributed by atoms with van der Waals surface area (Å²) in [7, 11) is 0. The molecule has 3 heteroatoms. The normalized spacial score (nSPS) is 19.0. The van der Waals surface area contributed by atoms with Crippen LogP contribution in [0.2, 0.25) is 0 Å². The van der Waals surface area contributed by atoms with Gasteiger partial charge in [-0.3, -0.25) is 0 Å². The van der Waals surface area contributed by atoms with Crippen molar-refractivity contribution in [1.82, 2.24) is 15.0 Å². The summed E-state index contributed by atoms with van der Waals surface area (Å²) in [6.45, 7) is 8.54. The maximum Gasteiger partial charge on any atom is 0.164 e. The van der Waals surface area contributed by atoms with Crippen molar-refractivity contribution in [2.24, 2.45) is 5.41 Å². The van der Waals surface area contributed by atoms with Crippen LogP contribution in [0.1, 0.15) is 81.0 Å². The highest BCUT2D eigenvalue weighted by atomic mass is 15.0. The number of fused-ring (bicyclic) bond motifs is 8. The Hall–Kier alpha value is -6.45. The molecular formula is C56H47N3. The summed E-state index contributed by atoms with van der Waals surface area (Å²) in [5.74, 6) is 1.84. The standard InChI is InChI=1S/C56H47N3/c1-54(2)28-30-56(31-29-54)47-21-12-11-20-43(47)46-26-23-40(34-50(46)56)39-22-25-44-45-27-24-42(35-49(45)55(3,4)48(44)33-39)53-58-51(37-16-9-6-10-17-37)57-52(59-53)41-19-13-18-38(32-41)36-14-7-5-8-15-36/h5-27,32-35H,28-31H2,1-4H3/i30D2,31D2. The van der Waals surface area contributed by atoms with E-state index in [1.807, 2.05) is 86.6 Å². The molecule has 3 aliphatic carbocycles. The van der Waals surface area contributed by atoms with Crippen molar-refractivity contribution in [3.8, 4) is 78.7 Å². The minimum Gasteiger partial charge on any atom is -0.208 e. The van der Waals surface area contributed by atoms with Crippen LogP contribution >= 0.6 is 0 Å². The van der Waals surface area contributed by atoms with Gasteiger partial charge < -0.3 is 0 Å². The number of hydrogen-bond donors (Lipinski definition) is 0. The first-order valence-electron chi connectivity index (χ1n) is 22.7. The van der Waals surface area contributed by atoms with E-state index < -0.39 is 23.6 Å². The van der Waals surface area contributed by atoms with E-state index in [0.29, 0.717) is 17.5 Å². The molecule has 0 aliphatic heterocycles. The van der Waals surface area contributed by atoms with Gasteiger partial charge in [-0.15, -0.1) is 0 Å². The molecule has 1 saturated carbocycles. The Balaban J connectivity index is 0.995. The lowest BCUT2D eigenvalue weighted by Gasteiger charge is -2.43. The molecule has 3 aliphatic rings. The minimum atomic E-state index is -1.83. The van der Waals surface area contributed by atoms with E-state index in [1.54, 1.807) is 0 Å². The second-order valence-electron chi connectivity index (χ2n) is 17.7. The van der Waals surface area contributed by atoms with Crippen LogP contribution in [-0.2, 0) is 10.8 Å². The average molecular weight is 766 g/mol. The molecule has 0 saturated heterocycles. The molecule has 0 unspecified atom stereocenters. The van der Waals surface area contributed by atoms with Crippen molar-refractivity contribution in [3.63, 3.8) is 0 Å². The van der Waals surface area contributed by atoms with Gasteiger partial charge in [0.1, 0.15) is 0 Å². The second kappa shape index (κ2) is 13.3. The fraction of sp³-hybridized carbons (Fsp3) is 0.196. The van der Waals surface area contributed by atoms with Crippen LogP contribution in [0.25, 0.3) is 78.7 Å². The lowest BCUT2D eigenvalue weighted by atomic mass is 9.61. The largest absolute Gasteiger partial charge is 0.208 e. The van der Waals surface area contributed by atoms with Crippen LogP contribution in [0, 0.1) is 5.41 Å². The molecule has 3 nitrogen and oxygen atoms in total. The lowest BCUT2D eigenvalue weighted by Crippen LogP contribution is -2.34. The van der Waals surface area contributed by atoms with Gasteiger partial charge in [-0.25, -0.2) is 15.0 Å². The Morgan fingerprint density at radius 2 is 0.797 bits per heavy atom. The molecule has 0 bridgehead atoms. The minimum absolute atomic E-state index is 0.269. The van der Waals surface area contributed by atoms with Crippen LogP contribution < -0.4 is 0 Å². The molecule has 59 heavy (non-hydrogen) atoms. The Morgan fingerprint density at radius 3 is 1.44 bits per heavy atom. The fourth-order valence-electron chi connectivity index (χ4n) is 9.58. The van der Waals surface area contributed by atoms with Gasteiger partial charge in [-0.2, -0.15) is 0 Å². The van der Waals surface area contributed by atoms with Crippen LogP contribution in [0.5, 0.6) is 0 Å². The van der Waals surface area contributed by atoms with Gasteiger partial charge in [0.15, 0.2) is 17.5 Å². The van der Waals surface area contributed by atoms with Crippen molar-refractivity contribution >= 4 is 0 Å². The van der Waals surface area contributed by atoms with Crippen LogP contribution in [0.15, 0.2) is 164 Å². The SMILES string of the molecule is [2H]C1([2H])CC(C)(C)CC([2H])([2H])C12c1ccccc1-c1ccc(-c3ccc4c(c3)C(C)(C)c3cc(-c5nc(-c6ccccc6)nc(-c6cccc(-c7ccccc7)c6)n5)ccc3-4)cc12. The van der Waals surface area contributed by atoms with Crippen molar-refractivity contribution in [1.29, 1.82) is 0 Å². The Labute approximate surface area is 353 Å². The summed E-state index contributed by atoms with van der Waals surface area (Å²) in [5.41, 5.74) is 12.7. The van der Waals surface area contributed by atoms with Crippen LogP contribution in [0.4, 0.5) is 0 Å². The van der Waals surface area contributed by atoms with Gasteiger partial charge in [0, 0.05) is 33.0 Å². The summed E-state index contributed by atoms with van der Waals surface area (Å²) < 4.78 is 38.8. The van der Waals surface area contributed by atoms with Crippen LogP contribution in [0.3, 0.4) is 0 Å². The third kappa shape index (κ3) is 5.81. The molecule has 0 amide bonds. The molecule has 1 fully saturated rings. The topological polar surface area (TPSA) is 38.7 Å². The summed E-state index contributed by atoms with van der Waals surface area (Å²) in [4.78, 5) is 15.3. The summed E-state index contributed by atoms with van der Waals surface area (Å²) >= 11 is 0. The van der Waals surface area contributed by atoms with E-state index in [4.69, 9.17) is 15.0 Å². The molecule has 286 valence electrons. The Kier molecular flexibility index (Phi) is 7.10. The van der Waals surface area contributed by atoms with Crippen molar-refractivity contribution < 1.29 is 5.48 Å². The highest BCUT2D eigenvalue weighted by Crippen LogP contribution is 2.59. The quantitative estimate of drug-likeness (QED) is 0.175. The van der Waals surface area contributed by atoms with E-state index in [0.717, 1.165) is 61.2 Å². The molecule has 7 aromatic carbocycles. The third-order valence-corrected chi connectivity index (χ3v) is 12.9. The summed E-state index contributed by atoms with van der Waals surface area (Å²) in [6, 6.07) is 56.2. The highest BCUT2D eigenvalue weighted by molar-refractivity contribution is 5.88. The first-order chi connectivity index (χ1) is 30.2. The Morgan fingerprint density at radius 1 is 0.373 bits per heavy atom. The first-order valence-corrected chi connectivity index (χ1v) is 20.7. The molecule has 1 aromatic heterocycles. The van der Waals surface area contributed by atoms with Gasteiger partial charge in [-0.05, 0) is 122 Å². The van der Waals surface area contributed by atoms with Gasteiger partial charge in [0.25, 0.3) is 0 Å². The zero-order valence-electron chi connectivity index (χ0n) is 37.8. The van der Waals surface area contributed by atoms with E-state index in [-0.39, 0.29) is 18.3 Å². The second-order valence-corrected chi connectivity index (χ2v) is 17.7. The predicted molar refractivity (Wildman–Crippen MR) is 243 cm³/mol.